The second-order valence-corrected chi connectivity index (χ2v) is 5.92. The summed E-state index contributed by atoms with van der Waals surface area (Å²) in [5.41, 5.74) is 0.764. The van der Waals surface area contributed by atoms with E-state index in [2.05, 4.69) is 14.7 Å². The lowest BCUT2D eigenvalue weighted by Gasteiger charge is -2.14. The van der Waals surface area contributed by atoms with Crippen LogP contribution >= 0.6 is 11.6 Å². The van der Waals surface area contributed by atoms with Crippen LogP contribution in [0, 0.1) is 0 Å². The van der Waals surface area contributed by atoms with Crippen LogP contribution in [0.3, 0.4) is 0 Å². The molecule has 0 aliphatic heterocycles. The van der Waals surface area contributed by atoms with Crippen molar-refractivity contribution in [3.63, 3.8) is 0 Å². The molecule has 0 amide bonds. The summed E-state index contributed by atoms with van der Waals surface area (Å²) in [6.07, 6.45) is 0. The third-order valence-electron chi connectivity index (χ3n) is 3.77. The number of benzene rings is 2. The summed E-state index contributed by atoms with van der Waals surface area (Å²) < 4.78 is 15.6. The van der Waals surface area contributed by atoms with Crippen molar-refractivity contribution in [2.24, 2.45) is 0 Å². The second kappa shape index (κ2) is 8.09. The summed E-state index contributed by atoms with van der Waals surface area (Å²) in [6, 6.07) is 10.1. The molecule has 0 saturated carbocycles. The van der Waals surface area contributed by atoms with Crippen LogP contribution in [-0.4, -0.2) is 36.3 Å². The molecule has 0 spiro atoms. The zero-order valence-electron chi connectivity index (χ0n) is 14.7. The van der Waals surface area contributed by atoms with Crippen molar-refractivity contribution in [1.29, 1.82) is 0 Å². The predicted molar refractivity (Wildman–Crippen MR) is 101 cm³/mol. The first kappa shape index (κ1) is 18.7. The van der Waals surface area contributed by atoms with E-state index < -0.39 is 5.97 Å². The smallest absolute Gasteiger partial charge is 0.343 e. The number of esters is 1. The Kier molecular flexibility index (Phi) is 5.61. The molecule has 1 aromatic heterocycles. The lowest BCUT2D eigenvalue weighted by molar-refractivity contribution is -0.142. The molecule has 0 unspecified atom stereocenters. The summed E-state index contributed by atoms with van der Waals surface area (Å²) in [4.78, 5) is 30.9. The molecule has 3 aromatic rings. The van der Waals surface area contributed by atoms with E-state index >= 15 is 0 Å². The van der Waals surface area contributed by atoms with Gasteiger partial charge in [0, 0.05) is 11.6 Å². The van der Waals surface area contributed by atoms with Crippen LogP contribution in [0.1, 0.15) is 6.92 Å². The molecular formula is C19H17ClN2O5. The molecule has 2 aromatic carbocycles. The molecule has 0 aliphatic carbocycles. The topological polar surface area (TPSA) is 90.5 Å². The van der Waals surface area contributed by atoms with Gasteiger partial charge in [0.25, 0.3) is 5.56 Å². The van der Waals surface area contributed by atoms with Gasteiger partial charge < -0.3 is 19.2 Å². The van der Waals surface area contributed by atoms with Crippen molar-refractivity contribution in [2.45, 2.75) is 6.92 Å². The molecule has 7 nitrogen and oxygen atoms in total. The van der Waals surface area contributed by atoms with Gasteiger partial charge in [-0.2, -0.15) is 0 Å². The zero-order valence-corrected chi connectivity index (χ0v) is 15.5. The first-order valence-corrected chi connectivity index (χ1v) is 8.56. The average molecular weight is 389 g/mol. The number of halogens is 1. The minimum absolute atomic E-state index is 0.268. The normalized spacial score (nSPS) is 10.6. The van der Waals surface area contributed by atoms with Crippen molar-refractivity contribution in [3.05, 3.63) is 51.8 Å². The Balaban J connectivity index is 2.07. The number of aromatic amines is 1. The monoisotopic (exact) mass is 388 g/mol. The van der Waals surface area contributed by atoms with Crippen LogP contribution < -0.4 is 15.0 Å². The van der Waals surface area contributed by atoms with Gasteiger partial charge in [0.15, 0.2) is 18.1 Å². The standard InChI is InChI=1S/C19H17ClN2O5/c1-3-26-15-8-12(13(20)9-16(15)27-10-17(23)25-2)18-21-14-7-5-4-6-11(14)19(24)22-18/h4-9H,3,10H2,1-2H3,(H,21,22,24). The molecule has 0 fully saturated rings. The average Bonchev–Trinajstić information content (AvgIpc) is 2.67. The van der Waals surface area contributed by atoms with Crippen LogP contribution in [-0.2, 0) is 9.53 Å². The summed E-state index contributed by atoms with van der Waals surface area (Å²) in [7, 11) is 1.27. The van der Waals surface area contributed by atoms with Gasteiger partial charge in [-0.25, -0.2) is 9.78 Å². The van der Waals surface area contributed by atoms with E-state index in [0.717, 1.165) is 0 Å². The number of para-hydroxylation sites is 1. The number of H-pyrrole nitrogens is 1. The number of nitrogens with one attached hydrogen (secondary N) is 1. The van der Waals surface area contributed by atoms with E-state index in [1.165, 1.54) is 13.2 Å². The quantitative estimate of drug-likeness (QED) is 0.652. The highest BCUT2D eigenvalue weighted by molar-refractivity contribution is 6.33. The van der Waals surface area contributed by atoms with Gasteiger partial charge >= 0.3 is 5.97 Å². The number of rotatable bonds is 6. The summed E-state index contributed by atoms with van der Waals surface area (Å²) in [5, 5.41) is 0.775. The van der Waals surface area contributed by atoms with Gasteiger partial charge in [-0.3, -0.25) is 4.79 Å². The third-order valence-corrected chi connectivity index (χ3v) is 4.09. The maximum Gasteiger partial charge on any atom is 0.343 e. The minimum Gasteiger partial charge on any atom is -0.490 e. The van der Waals surface area contributed by atoms with Gasteiger partial charge in [0.1, 0.15) is 5.82 Å². The van der Waals surface area contributed by atoms with E-state index in [1.54, 1.807) is 30.3 Å². The fraction of sp³-hybridized carbons (Fsp3) is 0.211. The van der Waals surface area contributed by atoms with Gasteiger partial charge in [0.2, 0.25) is 0 Å². The Labute approximate surface area is 159 Å². The minimum atomic E-state index is -0.529. The van der Waals surface area contributed by atoms with Crippen molar-refractivity contribution in [3.8, 4) is 22.9 Å². The maximum absolute atomic E-state index is 12.3. The summed E-state index contributed by atoms with van der Waals surface area (Å²) in [6.45, 7) is 1.91. The lowest BCUT2D eigenvalue weighted by atomic mass is 10.1. The van der Waals surface area contributed by atoms with Crippen molar-refractivity contribution >= 4 is 28.5 Å². The molecule has 0 aliphatic rings. The van der Waals surface area contributed by atoms with E-state index in [4.69, 9.17) is 21.1 Å². The number of hydrogen-bond donors (Lipinski definition) is 1. The zero-order chi connectivity index (χ0) is 19.4. The molecule has 0 atom stereocenters. The molecule has 1 N–H and O–H groups in total. The molecule has 0 bridgehead atoms. The highest BCUT2D eigenvalue weighted by Gasteiger charge is 2.16. The highest BCUT2D eigenvalue weighted by atomic mass is 35.5. The van der Waals surface area contributed by atoms with Crippen molar-refractivity contribution in [2.75, 3.05) is 20.3 Å². The Hall–Kier alpha value is -3.06. The number of carbonyl (C=O) groups is 1. The number of ether oxygens (including phenoxy) is 3. The number of fused-ring (bicyclic) bond motifs is 1. The number of carbonyl (C=O) groups excluding carboxylic acids is 1. The Morgan fingerprint density at radius 3 is 2.67 bits per heavy atom. The van der Waals surface area contributed by atoms with Crippen LogP contribution in [0.25, 0.3) is 22.3 Å². The molecule has 140 valence electrons. The largest absolute Gasteiger partial charge is 0.490 e. The fourth-order valence-corrected chi connectivity index (χ4v) is 2.75. The molecule has 0 saturated heterocycles. The number of nitrogens with zero attached hydrogens (tertiary/aromatic N) is 1. The first-order valence-electron chi connectivity index (χ1n) is 8.19. The maximum atomic E-state index is 12.3. The Bertz CT molecular complexity index is 1050. The molecular weight excluding hydrogens is 372 g/mol. The van der Waals surface area contributed by atoms with Crippen LogP contribution in [0.15, 0.2) is 41.2 Å². The SMILES string of the molecule is CCOc1cc(-c2nc3ccccc3c(=O)[nH]2)c(Cl)cc1OCC(=O)OC. The van der Waals surface area contributed by atoms with Crippen LogP contribution in [0.2, 0.25) is 5.02 Å². The van der Waals surface area contributed by atoms with Crippen LogP contribution in [0.5, 0.6) is 11.5 Å². The molecule has 27 heavy (non-hydrogen) atoms. The summed E-state index contributed by atoms with van der Waals surface area (Å²) >= 11 is 6.37. The molecule has 8 heteroatoms. The molecule has 1 heterocycles. The Morgan fingerprint density at radius 1 is 1.19 bits per heavy atom. The lowest BCUT2D eigenvalue weighted by Crippen LogP contribution is -2.13. The number of methoxy groups -OCH3 is 1. The number of aromatic nitrogens is 2. The van der Waals surface area contributed by atoms with Gasteiger partial charge in [-0.1, -0.05) is 23.7 Å². The van der Waals surface area contributed by atoms with E-state index in [1.807, 2.05) is 6.92 Å². The van der Waals surface area contributed by atoms with Crippen LogP contribution in [0.4, 0.5) is 0 Å². The second-order valence-electron chi connectivity index (χ2n) is 5.51. The first-order chi connectivity index (χ1) is 13.0. The molecule has 0 radical (unpaired) electrons. The number of hydrogen-bond acceptors (Lipinski definition) is 6. The van der Waals surface area contributed by atoms with E-state index in [0.29, 0.717) is 40.4 Å². The van der Waals surface area contributed by atoms with Gasteiger partial charge in [0.05, 0.1) is 29.6 Å². The summed E-state index contributed by atoms with van der Waals surface area (Å²) in [5.74, 6) is 0.443. The van der Waals surface area contributed by atoms with Gasteiger partial charge in [-0.15, -0.1) is 0 Å². The molecule has 3 rings (SSSR count). The highest BCUT2D eigenvalue weighted by Crippen LogP contribution is 2.37. The van der Waals surface area contributed by atoms with E-state index in [-0.39, 0.29) is 17.2 Å². The third kappa shape index (κ3) is 4.03. The Morgan fingerprint density at radius 2 is 1.93 bits per heavy atom. The van der Waals surface area contributed by atoms with Crippen molar-refractivity contribution < 1.29 is 19.0 Å². The van der Waals surface area contributed by atoms with Crippen molar-refractivity contribution in [1.82, 2.24) is 9.97 Å². The van der Waals surface area contributed by atoms with Gasteiger partial charge in [-0.05, 0) is 25.1 Å². The predicted octanol–water partition coefficient (Wildman–Crippen LogP) is 3.19. The van der Waals surface area contributed by atoms with E-state index in [9.17, 15) is 9.59 Å². The fourth-order valence-electron chi connectivity index (χ4n) is 2.51.